The fourth-order valence-corrected chi connectivity index (χ4v) is 3.12. The van der Waals surface area contributed by atoms with Gasteiger partial charge in [-0.25, -0.2) is 14.8 Å². The first-order chi connectivity index (χ1) is 13.6. The first kappa shape index (κ1) is 18.8. The predicted molar refractivity (Wildman–Crippen MR) is 94.2 cm³/mol. The summed E-state index contributed by atoms with van der Waals surface area (Å²) >= 11 is 0. The molecule has 2 aromatic rings. The van der Waals surface area contributed by atoms with E-state index in [1.807, 2.05) is 0 Å². The Labute approximate surface area is 163 Å². The number of imide groups is 1. The number of ether oxygens (including phenoxy) is 3. The van der Waals surface area contributed by atoms with Gasteiger partial charge in [0.2, 0.25) is 5.75 Å². The number of hydrogen-bond acceptors (Lipinski definition) is 7. The van der Waals surface area contributed by atoms with Crippen LogP contribution in [0, 0.1) is 6.92 Å². The molecule has 0 saturated carbocycles. The van der Waals surface area contributed by atoms with Gasteiger partial charge >= 0.3 is 18.3 Å². The molecule has 1 atom stereocenters. The number of aromatic nitrogens is 2. The van der Waals surface area contributed by atoms with Crippen molar-refractivity contribution in [3.63, 3.8) is 0 Å². The molecule has 3 heterocycles. The van der Waals surface area contributed by atoms with Crippen molar-refractivity contribution in [3.8, 4) is 23.3 Å². The van der Waals surface area contributed by atoms with Crippen LogP contribution in [0.1, 0.15) is 25.8 Å². The Balaban J connectivity index is 1.60. The third-order valence-electron chi connectivity index (χ3n) is 4.88. The van der Waals surface area contributed by atoms with Crippen molar-refractivity contribution in [3.05, 3.63) is 30.1 Å². The van der Waals surface area contributed by atoms with Crippen LogP contribution >= 0.6 is 0 Å². The van der Waals surface area contributed by atoms with Crippen molar-refractivity contribution in [2.75, 3.05) is 4.90 Å². The molecule has 1 fully saturated rings. The number of fused-ring (bicyclic) bond motifs is 1. The van der Waals surface area contributed by atoms with Crippen LogP contribution in [0.25, 0.3) is 0 Å². The van der Waals surface area contributed by atoms with Crippen molar-refractivity contribution in [1.29, 1.82) is 0 Å². The molecule has 3 amide bonds. The maximum atomic E-state index is 13.4. The fourth-order valence-electron chi connectivity index (χ4n) is 3.12. The zero-order valence-corrected chi connectivity index (χ0v) is 15.7. The minimum Gasteiger partial charge on any atom is -0.420 e. The lowest BCUT2D eigenvalue weighted by atomic mass is 9.97. The number of halogens is 2. The smallest absolute Gasteiger partial charge is 0.420 e. The van der Waals surface area contributed by atoms with Gasteiger partial charge < -0.3 is 14.2 Å². The van der Waals surface area contributed by atoms with E-state index in [1.165, 1.54) is 29.4 Å². The average Bonchev–Trinajstić information content (AvgIpc) is 3.12. The van der Waals surface area contributed by atoms with Gasteiger partial charge in [-0.2, -0.15) is 0 Å². The van der Waals surface area contributed by atoms with E-state index in [1.54, 1.807) is 20.8 Å². The lowest BCUT2D eigenvalue weighted by Gasteiger charge is -2.30. The summed E-state index contributed by atoms with van der Waals surface area (Å²) in [6, 6.07) is 2.21. The van der Waals surface area contributed by atoms with Crippen LogP contribution < -0.4 is 24.4 Å². The topological polar surface area (TPSA) is 103 Å². The number of hydrogen-bond donors (Lipinski definition) is 1. The van der Waals surface area contributed by atoms with Gasteiger partial charge in [0.25, 0.3) is 5.91 Å². The largest absolute Gasteiger partial charge is 0.586 e. The molecule has 2 aliphatic heterocycles. The minimum absolute atomic E-state index is 0.0528. The molecule has 0 aliphatic carbocycles. The van der Waals surface area contributed by atoms with Crippen LogP contribution in [0.4, 0.5) is 19.3 Å². The summed E-state index contributed by atoms with van der Waals surface area (Å²) < 4.78 is 41.3. The first-order valence-electron chi connectivity index (χ1n) is 8.69. The Morgan fingerprint density at radius 1 is 1.17 bits per heavy atom. The summed E-state index contributed by atoms with van der Waals surface area (Å²) in [4.78, 5) is 33.5. The highest BCUT2D eigenvalue weighted by Gasteiger charge is 2.49. The lowest BCUT2D eigenvalue weighted by Crippen LogP contribution is -2.46. The molecule has 1 saturated heterocycles. The molecule has 0 spiro atoms. The minimum atomic E-state index is -3.79. The van der Waals surface area contributed by atoms with E-state index >= 15 is 0 Å². The fraction of sp³-hybridized carbons (Fsp3) is 0.333. The number of benzene rings is 1. The van der Waals surface area contributed by atoms with Crippen LogP contribution in [0.3, 0.4) is 0 Å². The molecule has 2 aliphatic rings. The second-order valence-corrected chi connectivity index (χ2v) is 6.75. The van der Waals surface area contributed by atoms with Crippen LogP contribution in [0.5, 0.6) is 23.3 Å². The zero-order valence-electron chi connectivity index (χ0n) is 15.7. The van der Waals surface area contributed by atoms with Crippen molar-refractivity contribution in [2.24, 2.45) is 0 Å². The monoisotopic (exact) mass is 406 g/mol. The number of carbonyl (C=O) groups is 2. The van der Waals surface area contributed by atoms with Crippen LogP contribution in [-0.2, 0) is 4.79 Å². The van der Waals surface area contributed by atoms with E-state index in [0.29, 0.717) is 12.0 Å². The predicted octanol–water partition coefficient (Wildman–Crippen LogP) is 3.12. The molecule has 1 aromatic carbocycles. The molecule has 9 nitrogen and oxygen atoms in total. The number of alkyl halides is 2. The Morgan fingerprint density at radius 2 is 1.83 bits per heavy atom. The summed E-state index contributed by atoms with van der Waals surface area (Å²) in [5.41, 5.74) is -0.341. The summed E-state index contributed by atoms with van der Waals surface area (Å²) in [7, 11) is 0. The summed E-state index contributed by atoms with van der Waals surface area (Å²) in [6.45, 7) is 5.00. The average molecular weight is 406 g/mol. The number of nitrogens with one attached hydrogen (secondary N) is 1. The van der Waals surface area contributed by atoms with Gasteiger partial charge in [-0.15, -0.1) is 8.78 Å². The highest BCUT2D eigenvalue weighted by molar-refractivity contribution is 6.16. The van der Waals surface area contributed by atoms with Crippen LogP contribution in [0.15, 0.2) is 24.5 Å². The number of amides is 3. The van der Waals surface area contributed by atoms with E-state index in [0.717, 1.165) is 0 Å². The van der Waals surface area contributed by atoms with Crippen LogP contribution in [0.2, 0.25) is 0 Å². The van der Waals surface area contributed by atoms with Crippen LogP contribution in [-0.4, -0.2) is 33.7 Å². The molecule has 11 heteroatoms. The maximum Gasteiger partial charge on any atom is 0.586 e. The summed E-state index contributed by atoms with van der Waals surface area (Å²) in [5, 5.41) is 2.26. The van der Waals surface area contributed by atoms with Gasteiger partial charge in [0.15, 0.2) is 11.5 Å². The second-order valence-electron chi connectivity index (χ2n) is 6.75. The molecule has 1 N–H and O–H groups in total. The Hall–Kier alpha value is -3.50. The molecular formula is C18H16F2N4O5. The molecule has 1 unspecified atom stereocenters. The Kier molecular flexibility index (Phi) is 4.07. The van der Waals surface area contributed by atoms with Crippen molar-refractivity contribution in [1.82, 2.24) is 15.3 Å². The number of anilines is 1. The van der Waals surface area contributed by atoms with Crippen molar-refractivity contribution in [2.45, 2.75) is 39.0 Å². The highest BCUT2D eigenvalue weighted by Crippen LogP contribution is 2.49. The van der Waals surface area contributed by atoms with Gasteiger partial charge in [0.1, 0.15) is 5.54 Å². The molecule has 29 heavy (non-hydrogen) atoms. The maximum absolute atomic E-state index is 13.4. The zero-order chi connectivity index (χ0) is 21.0. The summed E-state index contributed by atoms with van der Waals surface area (Å²) in [5.74, 6) is -0.859. The van der Waals surface area contributed by atoms with Gasteiger partial charge in [-0.05, 0) is 31.9 Å². The van der Waals surface area contributed by atoms with E-state index in [4.69, 9.17) is 4.74 Å². The van der Waals surface area contributed by atoms with E-state index < -0.39 is 23.8 Å². The van der Waals surface area contributed by atoms with E-state index in [9.17, 15) is 18.4 Å². The second kappa shape index (κ2) is 6.26. The van der Waals surface area contributed by atoms with Gasteiger partial charge in [-0.1, -0.05) is 13.0 Å². The van der Waals surface area contributed by atoms with Gasteiger partial charge in [0, 0.05) is 0 Å². The number of carbonyl (C=O) groups excluding carboxylic acids is 2. The SMILES string of the molecule is CCC1(C)C(=O)NC(=O)N1c1cnc(Oc2ccc(C)c3c2OC(F)(F)O3)nc1. The molecular weight excluding hydrogens is 390 g/mol. The molecule has 1 aromatic heterocycles. The van der Waals surface area contributed by atoms with Crippen molar-refractivity contribution >= 4 is 17.6 Å². The Morgan fingerprint density at radius 3 is 2.48 bits per heavy atom. The third-order valence-corrected chi connectivity index (χ3v) is 4.88. The molecule has 0 bridgehead atoms. The van der Waals surface area contributed by atoms with E-state index in [-0.39, 0.29) is 28.9 Å². The van der Waals surface area contributed by atoms with Crippen molar-refractivity contribution < 1.29 is 32.6 Å². The molecule has 4 rings (SSSR count). The third kappa shape index (κ3) is 2.98. The number of urea groups is 1. The Bertz CT molecular complexity index is 1010. The van der Waals surface area contributed by atoms with E-state index in [2.05, 4.69) is 24.8 Å². The highest BCUT2D eigenvalue weighted by atomic mass is 19.3. The molecule has 0 radical (unpaired) electrons. The standard InChI is InChI=1S/C18H16F2N4O5/c1-4-17(3)14(25)23-16(26)24(17)10-7-21-15(22-8-10)27-11-6-5-9(2)12-13(11)29-18(19,20)28-12/h5-8H,4H2,1-3H3,(H,23,25,26). The normalized spacial score (nSPS) is 22.0. The molecule has 152 valence electrons. The van der Waals surface area contributed by atoms with Gasteiger partial charge in [0.05, 0.1) is 18.1 Å². The lowest BCUT2D eigenvalue weighted by molar-refractivity contribution is -0.287. The number of nitrogens with zero attached hydrogens (tertiary/aromatic N) is 3. The number of rotatable bonds is 4. The quantitative estimate of drug-likeness (QED) is 0.778. The first-order valence-corrected chi connectivity index (χ1v) is 8.69. The van der Waals surface area contributed by atoms with Gasteiger partial charge in [-0.3, -0.25) is 15.0 Å². The summed E-state index contributed by atoms with van der Waals surface area (Å²) in [6.07, 6.45) is -0.814. The number of aryl methyl sites for hydroxylation is 1.